The van der Waals surface area contributed by atoms with Crippen LogP contribution in [0.15, 0.2) is 11.3 Å². The van der Waals surface area contributed by atoms with Gasteiger partial charge >= 0.3 is 5.97 Å². The topological polar surface area (TPSA) is 85.5 Å². The van der Waals surface area contributed by atoms with Gasteiger partial charge in [-0.05, 0) is 25.3 Å². The van der Waals surface area contributed by atoms with Gasteiger partial charge in [-0.1, -0.05) is 0 Å². The molecule has 0 spiro atoms. The zero-order valence-electron chi connectivity index (χ0n) is 14.3. The van der Waals surface area contributed by atoms with Crippen molar-refractivity contribution in [3.63, 3.8) is 0 Å². The fourth-order valence-electron chi connectivity index (χ4n) is 3.97. The molecule has 0 amide bonds. The van der Waals surface area contributed by atoms with E-state index in [1.54, 1.807) is 6.92 Å². The molecule has 1 aliphatic heterocycles. The summed E-state index contributed by atoms with van der Waals surface area (Å²) in [6.45, 7) is 5.79. The lowest BCUT2D eigenvalue weighted by Gasteiger charge is -2.20. The molecule has 4 rings (SSSR count). The van der Waals surface area contributed by atoms with E-state index in [4.69, 9.17) is 4.74 Å². The molecule has 0 aromatic carbocycles. The van der Waals surface area contributed by atoms with Gasteiger partial charge in [0.25, 0.3) is 0 Å². The van der Waals surface area contributed by atoms with Crippen molar-refractivity contribution < 1.29 is 23.9 Å². The lowest BCUT2D eigenvalue weighted by atomic mass is 9.90. The Morgan fingerprint density at radius 2 is 1.80 bits per heavy atom. The van der Waals surface area contributed by atoms with Crippen LogP contribution in [-0.2, 0) is 16.0 Å². The third kappa shape index (κ3) is 2.11. The Bertz CT molecular complexity index is 901. The fourth-order valence-corrected chi connectivity index (χ4v) is 3.97. The minimum absolute atomic E-state index is 0.127. The van der Waals surface area contributed by atoms with Crippen molar-refractivity contribution in [3.8, 4) is 0 Å². The van der Waals surface area contributed by atoms with Gasteiger partial charge in [0.15, 0.2) is 0 Å². The molecule has 1 fully saturated rings. The predicted octanol–water partition coefficient (Wildman–Crippen LogP) is 1.67. The van der Waals surface area contributed by atoms with Gasteiger partial charge in [-0.3, -0.25) is 23.7 Å². The summed E-state index contributed by atoms with van der Waals surface area (Å²) in [4.78, 5) is 51.6. The molecule has 3 aliphatic rings. The Hall–Kier alpha value is -2.70. The number of carbonyl (C=O) groups is 4. The lowest BCUT2D eigenvalue weighted by Crippen LogP contribution is -2.28. The first-order chi connectivity index (χ1) is 11.8. The van der Waals surface area contributed by atoms with Crippen LogP contribution in [0.25, 0.3) is 0 Å². The molecule has 2 aliphatic carbocycles. The average Bonchev–Trinajstić information content (AvgIpc) is 3.18. The Kier molecular flexibility index (Phi) is 3.25. The summed E-state index contributed by atoms with van der Waals surface area (Å²) in [5, 5.41) is 0. The molecule has 1 aromatic heterocycles. The number of rotatable bonds is 2. The summed E-state index contributed by atoms with van der Waals surface area (Å²) in [6, 6.07) is 0. The van der Waals surface area contributed by atoms with Crippen molar-refractivity contribution in [1.29, 1.82) is 0 Å². The number of ketones is 2. The van der Waals surface area contributed by atoms with Crippen LogP contribution in [-0.4, -0.2) is 46.0 Å². The Morgan fingerprint density at radius 3 is 2.36 bits per heavy atom. The molecule has 0 bridgehead atoms. The predicted molar refractivity (Wildman–Crippen MR) is 86.5 cm³/mol. The average molecular weight is 342 g/mol. The molecule has 0 radical (unpaired) electrons. The first kappa shape index (κ1) is 15.8. The molecule has 7 nitrogen and oxygen atoms in total. The summed E-state index contributed by atoms with van der Waals surface area (Å²) < 4.78 is 6.62. The van der Waals surface area contributed by atoms with Crippen LogP contribution in [0.3, 0.4) is 0 Å². The van der Waals surface area contributed by atoms with Crippen LogP contribution in [0.2, 0.25) is 0 Å². The van der Waals surface area contributed by atoms with Gasteiger partial charge in [-0.2, -0.15) is 0 Å². The molecule has 130 valence electrons. The molecule has 1 atom stereocenters. The van der Waals surface area contributed by atoms with E-state index < -0.39 is 12.1 Å². The van der Waals surface area contributed by atoms with E-state index in [1.807, 2.05) is 4.90 Å². The molecule has 0 saturated carbocycles. The minimum atomic E-state index is -0.604. The van der Waals surface area contributed by atoms with E-state index in [2.05, 4.69) is 0 Å². The summed E-state index contributed by atoms with van der Waals surface area (Å²) in [6.07, 6.45) is 0.405. The van der Waals surface area contributed by atoms with Crippen LogP contribution < -0.4 is 0 Å². The minimum Gasteiger partial charge on any atom is -0.456 e. The smallest absolute Gasteiger partial charge is 0.303 e. The number of fused-ring (bicyclic) bond motifs is 3. The van der Waals surface area contributed by atoms with Gasteiger partial charge in [0, 0.05) is 32.5 Å². The van der Waals surface area contributed by atoms with Gasteiger partial charge in [-0.15, -0.1) is 0 Å². The maximum absolute atomic E-state index is 13.1. The number of hydrogen-bond donors (Lipinski definition) is 0. The monoisotopic (exact) mass is 342 g/mol. The van der Waals surface area contributed by atoms with E-state index in [-0.39, 0.29) is 23.2 Å². The standard InChI is InChI=1S/C18H18N2O5/c1-8-14(19-6-7-19)18(24)13-11-4-5-12(25-10(3)22)15(11)20(9(2)21)16(13)17(8)23/h12H,4-7H2,1-3H3. The van der Waals surface area contributed by atoms with Gasteiger partial charge in [0.2, 0.25) is 17.5 Å². The number of esters is 1. The zero-order valence-corrected chi connectivity index (χ0v) is 14.3. The van der Waals surface area contributed by atoms with E-state index in [1.165, 1.54) is 18.4 Å². The first-order valence-corrected chi connectivity index (χ1v) is 8.33. The summed E-state index contributed by atoms with van der Waals surface area (Å²) in [7, 11) is 0. The third-order valence-electron chi connectivity index (χ3n) is 5.01. The molecule has 1 unspecified atom stereocenters. The van der Waals surface area contributed by atoms with Crippen LogP contribution >= 0.6 is 0 Å². The number of nitrogens with zero attached hydrogens (tertiary/aromatic N) is 2. The van der Waals surface area contributed by atoms with Crippen LogP contribution in [0.1, 0.15) is 70.2 Å². The second kappa shape index (κ2) is 5.15. The zero-order chi connectivity index (χ0) is 18.0. The molecule has 0 N–H and O–H groups in total. The lowest BCUT2D eigenvalue weighted by molar-refractivity contribution is -0.146. The highest BCUT2D eigenvalue weighted by Gasteiger charge is 2.45. The third-order valence-corrected chi connectivity index (χ3v) is 5.01. The van der Waals surface area contributed by atoms with Crippen molar-refractivity contribution in [1.82, 2.24) is 9.47 Å². The Morgan fingerprint density at radius 1 is 1.12 bits per heavy atom. The van der Waals surface area contributed by atoms with E-state index in [0.29, 0.717) is 40.9 Å². The summed E-state index contributed by atoms with van der Waals surface area (Å²) >= 11 is 0. The number of ether oxygens (including phenoxy) is 1. The molecule has 25 heavy (non-hydrogen) atoms. The van der Waals surface area contributed by atoms with Crippen molar-refractivity contribution in [2.45, 2.75) is 39.7 Å². The fraction of sp³-hybridized carbons (Fsp3) is 0.444. The van der Waals surface area contributed by atoms with Crippen LogP contribution in [0.5, 0.6) is 0 Å². The molecular weight excluding hydrogens is 324 g/mol. The highest BCUT2D eigenvalue weighted by atomic mass is 16.5. The van der Waals surface area contributed by atoms with Crippen molar-refractivity contribution in [3.05, 3.63) is 33.8 Å². The van der Waals surface area contributed by atoms with Gasteiger partial charge in [-0.25, -0.2) is 0 Å². The maximum Gasteiger partial charge on any atom is 0.303 e. The summed E-state index contributed by atoms with van der Waals surface area (Å²) in [5.41, 5.74) is 2.41. The number of Topliss-reactive ketones (excluding diaryl/α,β-unsaturated/α-hetero) is 2. The van der Waals surface area contributed by atoms with Gasteiger partial charge < -0.3 is 9.64 Å². The highest BCUT2D eigenvalue weighted by molar-refractivity contribution is 6.27. The molecular formula is C18H18N2O5. The maximum atomic E-state index is 13.1. The number of hydrogen-bond acceptors (Lipinski definition) is 6. The van der Waals surface area contributed by atoms with E-state index >= 15 is 0 Å². The number of aromatic nitrogens is 1. The molecule has 1 saturated heterocycles. The molecule has 2 heterocycles. The quantitative estimate of drug-likeness (QED) is 0.600. The first-order valence-electron chi connectivity index (χ1n) is 8.33. The second-order valence-electron chi connectivity index (χ2n) is 6.70. The van der Waals surface area contributed by atoms with Crippen molar-refractivity contribution in [2.24, 2.45) is 0 Å². The van der Waals surface area contributed by atoms with Gasteiger partial charge in [0.1, 0.15) is 11.8 Å². The SMILES string of the molecule is CC(=O)OC1CCc2c3c(n(C(C)=O)c21)C(=O)C(C)=C(N1CC1)C3=O. The van der Waals surface area contributed by atoms with Crippen LogP contribution in [0.4, 0.5) is 0 Å². The summed E-state index contributed by atoms with van der Waals surface area (Å²) in [5.74, 6) is -1.32. The van der Waals surface area contributed by atoms with E-state index in [9.17, 15) is 19.2 Å². The molecule has 7 heteroatoms. The molecule has 1 aromatic rings. The van der Waals surface area contributed by atoms with Crippen molar-refractivity contribution >= 4 is 23.4 Å². The second-order valence-corrected chi connectivity index (χ2v) is 6.70. The largest absolute Gasteiger partial charge is 0.456 e. The Balaban J connectivity index is 1.95. The normalized spacial score (nSPS) is 21.4. The van der Waals surface area contributed by atoms with Crippen molar-refractivity contribution in [2.75, 3.05) is 13.1 Å². The number of allylic oxidation sites excluding steroid dienone is 2. The van der Waals surface area contributed by atoms with Crippen LogP contribution in [0, 0.1) is 0 Å². The van der Waals surface area contributed by atoms with E-state index in [0.717, 1.165) is 13.1 Å². The van der Waals surface area contributed by atoms with Gasteiger partial charge in [0.05, 0.1) is 17.0 Å². The highest BCUT2D eigenvalue weighted by Crippen LogP contribution is 2.43. The number of carbonyl (C=O) groups excluding carboxylic acids is 4. The Labute approximate surface area is 144 Å².